The molecule has 0 radical (unpaired) electrons. The Morgan fingerprint density at radius 1 is 1.38 bits per heavy atom. The number of carbonyl (C=O) groups is 1. The maximum Gasteiger partial charge on any atom is 0.271 e. The molecule has 114 valence electrons. The molecule has 0 spiro atoms. The third-order valence-electron chi connectivity index (χ3n) is 3.65. The van der Waals surface area contributed by atoms with Gasteiger partial charge < -0.3 is 9.80 Å². The van der Waals surface area contributed by atoms with Gasteiger partial charge in [-0.25, -0.2) is 0 Å². The Labute approximate surface area is 128 Å². The standard InChI is InChI=1S/C14H18ClN3O3/c1-11(10-15)14(19)17-7-5-16(6-8-17)12-3-2-4-13(9-12)18(20)21/h2-4,9,11H,5-8,10H2,1H3. The van der Waals surface area contributed by atoms with Crippen molar-refractivity contribution in [2.45, 2.75) is 6.92 Å². The topological polar surface area (TPSA) is 66.7 Å². The molecule has 6 nitrogen and oxygen atoms in total. The molecule has 1 amide bonds. The maximum atomic E-state index is 12.0. The van der Waals surface area contributed by atoms with Crippen molar-refractivity contribution in [3.05, 3.63) is 34.4 Å². The Hall–Kier alpha value is -1.82. The minimum Gasteiger partial charge on any atom is -0.368 e. The number of hydrogen-bond donors (Lipinski definition) is 0. The highest BCUT2D eigenvalue weighted by Crippen LogP contribution is 2.22. The van der Waals surface area contributed by atoms with Crippen LogP contribution in [0.4, 0.5) is 11.4 Å². The molecule has 0 aliphatic carbocycles. The van der Waals surface area contributed by atoms with Gasteiger partial charge in [0.25, 0.3) is 5.69 Å². The van der Waals surface area contributed by atoms with E-state index in [4.69, 9.17) is 11.6 Å². The number of halogens is 1. The molecule has 21 heavy (non-hydrogen) atoms. The zero-order chi connectivity index (χ0) is 15.4. The summed E-state index contributed by atoms with van der Waals surface area (Å²) in [6, 6.07) is 6.58. The van der Waals surface area contributed by atoms with Crippen molar-refractivity contribution in [3.63, 3.8) is 0 Å². The third kappa shape index (κ3) is 3.64. The average Bonchev–Trinajstić information content (AvgIpc) is 2.53. The number of nitro groups is 1. The molecule has 1 heterocycles. The zero-order valence-corrected chi connectivity index (χ0v) is 12.6. The zero-order valence-electron chi connectivity index (χ0n) is 11.9. The van der Waals surface area contributed by atoms with Crippen molar-refractivity contribution in [2.24, 2.45) is 5.92 Å². The predicted molar refractivity (Wildman–Crippen MR) is 81.8 cm³/mol. The Morgan fingerprint density at radius 3 is 2.62 bits per heavy atom. The van der Waals surface area contributed by atoms with E-state index >= 15 is 0 Å². The maximum absolute atomic E-state index is 12.0. The summed E-state index contributed by atoms with van der Waals surface area (Å²) in [5.74, 6) is 0.226. The van der Waals surface area contributed by atoms with Crippen LogP contribution in [-0.2, 0) is 4.79 Å². The third-order valence-corrected chi connectivity index (χ3v) is 4.11. The molecule has 1 atom stereocenters. The lowest BCUT2D eigenvalue weighted by atomic mass is 10.1. The van der Waals surface area contributed by atoms with Gasteiger partial charge in [0.15, 0.2) is 0 Å². The second-order valence-corrected chi connectivity index (χ2v) is 5.45. The molecular weight excluding hydrogens is 294 g/mol. The second-order valence-electron chi connectivity index (χ2n) is 5.14. The highest BCUT2D eigenvalue weighted by molar-refractivity contribution is 6.19. The van der Waals surface area contributed by atoms with E-state index in [1.54, 1.807) is 17.0 Å². The molecule has 0 saturated carbocycles. The fraction of sp³-hybridized carbons (Fsp3) is 0.500. The van der Waals surface area contributed by atoms with Crippen LogP contribution in [0.15, 0.2) is 24.3 Å². The van der Waals surface area contributed by atoms with Gasteiger partial charge in [-0.1, -0.05) is 13.0 Å². The number of amides is 1. The van der Waals surface area contributed by atoms with Crippen molar-refractivity contribution < 1.29 is 9.72 Å². The van der Waals surface area contributed by atoms with Gasteiger partial charge in [0.05, 0.1) is 4.92 Å². The SMILES string of the molecule is CC(CCl)C(=O)N1CCN(c2cccc([N+](=O)[O-])c2)CC1. The van der Waals surface area contributed by atoms with Crippen LogP contribution in [0.5, 0.6) is 0 Å². The lowest BCUT2D eigenvalue weighted by Gasteiger charge is -2.37. The van der Waals surface area contributed by atoms with E-state index in [0.717, 1.165) is 5.69 Å². The Kier molecular flexibility index (Phi) is 5.01. The molecule has 1 aromatic carbocycles. The number of nitrogens with zero attached hydrogens (tertiary/aromatic N) is 3. The van der Waals surface area contributed by atoms with Crippen molar-refractivity contribution in [1.82, 2.24) is 4.90 Å². The van der Waals surface area contributed by atoms with Gasteiger partial charge in [0, 0.05) is 55.8 Å². The molecule has 7 heteroatoms. The van der Waals surface area contributed by atoms with Gasteiger partial charge in [0.1, 0.15) is 0 Å². The van der Waals surface area contributed by atoms with Gasteiger partial charge in [-0.3, -0.25) is 14.9 Å². The Balaban J connectivity index is 1.99. The van der Waals surface area contributed by atoms with Crippen LogP contribution in [0.3, 0.4) is 0 Å². The first-order valence-electron chi connectivity index (χ1n) is 6.87. The molecule has 1 saturated heterocycles. The van der Waals surface area contributed by atoms with Gasteiger partial charge in [0.2, 0.25) is 5.91 Å². The minimum absolute atomic E-state index is 0.0729. The number of non-ortho nitro benzene ring substituents is 1. The van der Waals surface area contributed by atoms with Crippen molar-refractivity contribution in [1.29, 1.82) is 0 Å². The van der Waals surface area contributed by atoms with E-state index in [9.17, 15) is 14.9 Å². The lowest BCUT2D eigenvalue weighted by Crippen LogP contribution is -2.50. The van der Waals surface area contributed by atoms with Crippen molar-refractivity contribution in [2.75, 3.05) is 37.0 Å². The molecule has 2 rings (SSSR count). The minimum atomic E-state index is -0.397. The summed E-state index contributed by atoms with van der Waals surface area (Å²) < 4.78 is 0. The summed E-state index contributed by atoms with van der Waals surface area (Å²) >= 11 is 5.72. The summed E-state index contributed by atoms with van der Waals surface area (Å²) in [6.07, 6.45) is 0. The molecule has 0 bridgehead atoms. The van der Waals surface area contributed by atoms with Crippen molar-refractivity contribution >= 4 is 28.9 Å². The monoisotopic (exact) mass is 311 g/mol. The van der Waals surface area contributed by atoms with Gasteiger partial charge in [-0.15, -0.1) is 11.6 Å². The number of rotatable bonds is 4. The van der Waals surface area contributed by atoms with Gasteiger partial charge in [-0.2, -0.15) is 0 Å². The van der Waals surface area contributed by atoms with E-state index in [-0.39, 0.29) is 17.5 Å². The summed E-state index contributed by atoms with van der Waals surface area (Å²) in [4.78, 5) is 26.3. The number of nitro benzene ring substituents is 1. The van der Waals surface area contributed by atoms with Gasteiger partial charge in [-0.05, 0) is 6.07 Å². The van der Waals surface area contributed by atoms with Crippen LogP contribution in [-0.4, -0.2) is 47.8 Å². The van der Waals surface area contributed by atoms with Crippen LogP contribution in [0.2, 0.25) is 0 Å². The quantitative estimate of drug-likeness (QED) is 0.485. The van der Waals surface area contributed by atoms with Crippen molar-refractivity contribution in [3.8, 4) is 0 Å². The molecular formula is C14H18ClN3O3. The second kappa shape index (κ2) is 6.76. The number of hydrogen-bond acceptors (Lipinski definition) is 4. The van der Waals surface area contributed by atoms with E-state index in [2.05, 4.69) is 4.90 Å². The average molecular weight is 312 g/mol. The normalized spacial score (nSPS) is 16.7. The summed E-state index contributed by atoms with van der Waals surface area (Å²) in [5.41, 5.74) is 0.906. The van der Waals surface area contributed by atoms with Crippen LogP contribution in [0.25, 0.3) is 0 Å². The first-order chi connectivity index (χ1) is 10.0. The molecule has 0 N–H and O–H groups in total. The summed E-state index contributed by atoms with van der Waals surface area (Å²) in [5, 5.41) is 10.8. The van der Waals surface area contributed by atoms with Crippen LogP contribution < -0.4 is 4.90 Å². The molecule has 1 aromatic rings. The fourth-order valence-corrected chi connectivity index (χ4v) is 2.50. The van der Waals surface area contributed by atoms with E-state index in [1.807, 2.05) is 13.0 Å². The summed E-state index contributed by atoms with van der Waals surface area (Å²) in [7, 11) is 0. The van der Waals surface area contributed by atoms with E-state index < -0.39 is 4.92 Å². The molecule has 1 aliphatic heterocycles. The lowest BCUT2D eigenvalue weighted by molar-refractivity contribution is -0.384. The first kappa shape index (κ1) is 15.6. The largest absolute Gasteiger partial charge is 0.368 e. The summed E-state index contributed by atoms with van der Waals surface area (Å²) in [6.45, 7) is 4.39. The highest BCUT2D eigenvalue weighted by Gasteiger charge is 2.24. The van der Waals surface area contributed by atoms with E-state index in [0.29, 0.717) is 32.1 Å². The Morgan fingerprint density at radius 2 is 2.05 bits per heavy atom. The fourth-order valence-electron chi connectivity index (χ4n) is 2.37. The molecule has 1 unspecified atom stereocenters. The predicted octanol–water partition coefficient (Wildman–Crippen LogP) is 2.12. The molecule has 1 fully saturated rings. The number of piperazine rings is 1. The number of benzene rings is 1. The highest BCUT2D eigenvalue weighted by atomic mass is 35.5. The first-order valence-corrected chi connectivity index (χ1v) is 7.40. The number of alkyl halides is 1. The molecule has 1 aliphatic rings. The Bertz CT molecular complexity index is 530. The smallest absolute Gasteiger partial charge is 0.271 e. The van der Waals surface area contributed by atoms with Crippen LogP contribution in [0.1, 0.15) is 6.92 Å². The number of anilines is 1. The van der Waals surface area contributed by atoms with E-state index in [1.165, 1.54) is 6.07 Å². The van der Waals surface area contributed by atoms with Crippen LogP contribution >= 0.6 is 11.6 Å². The number of carbonyl (C=O) groups excluding carboxylic acids is 1. The van der Waals surface area contributed by atoms with Gasteiger partial charge >= 0.3 is 0 Å². The molecule has 0 aromatic heterocycles. The van der Waals surface area contributed by atoms with Crippen LogP contribution in [0, 0.1) is 16.0 Å².